The zero-order valence-corrected chi connectivity index (χ0v) is 7.62. The van der Waals surface area contributed by atoms with Gasteiger partial charge in [-0.05, 0) is 12.3 Å². The Morgan fingerprint density at radius 1 is 1.67 bits per heavy atom. The molecule has 0 aliphatic carbocycles. The second-order valence-corrected chi connectivity index (χ2v) is 3.84. The summed E-state index contributed by atoms with van der Waals surface area (Å²) in [6, 6.07) is 0. The van der Waals surface area contributed by atoms with Gasteiger partial charge in [-0.15, -0.1) is 0 Å². The summed E-state index contributed by atoms with van der Waals surface area (Å²) in [5.74, 6) is 0.243. The summed E-state index contributed by atoms with van der Waals surface area (Å²) in [4.78, 5) is 10.9. The van der Waals surface area contributed by atoms with E-state index in [0.717, 1.165) is 6.42 Å². The van der Waals surface area contributed by atoms with Gasteiger partial charge < -0.3 is 9.84 Å². The predicted octanol–water partition coefficient (Wildman–Crippen LogP) is 1.10. The van der Waals surface area contributed by atoms with Crippen LogP contribution in [-0.2, 0) is 9.53 Å². The molecule has 3 heteroatoms. The normalized spacial score (nSPS) is 30.5. The molecule has 0 saturated carbocycles. The van der Waals surface area contributed by atoms with Crippen molar-refractivity contribution in [2.45, 2.75) is 45.3 Å². The maximum atomic E-state index is 10.9. The van der Waals surface area contributed by atoms with E-state index in [0.29, 0.717) is 12.3 Å². The third-order valence-electron chi connectivity index (χ3n) is 1.97. The van der Waals surface area contributed by atoms with Crippen molar-refractivity contribution in [3.63, 3.8) is 0 Å². The van der Waals surface area contributed by atoms with E-state index in [1.54, 1.807) is 0 Å². The Morgan fingerprint density at radius 3 is 2.83 bits per heavy atom. The molecule has 1 rings (SSSR count). The molecule has 0 radical (unpaired) electrons. The largest absolute Gasteiger partial charge is 0.462 e. The van der Waals surface area contributed by atoms with Crippen LogP contribution in [0.25, 0.3) is 0 Å². The van der Waals surface area contributed by atoms with Crippen LogP contribution in [0.15, 0.2) is 0 Å². The van der Waals surface area contributed by atoms with Gasteiger partial charge in [0.25, 0.3) is 0 Å². The van der Waals surface area contributed by atoms with Crippen molar-refractivity contribution in [3.8, 4) is 0 Å². The molecule has 3 nitrogen and oxygen atoms in total. The summed E-state index contributed by atoms with van der Waals surface area (Å²) in [7, 11) is 0. The molecular formula is C9H16O3. The molecule has 0 bridgehead atoms. The average Bonchev–Trinajstić information content (AvgIpc) is 1.81. The van der Waals surface area contributed by atoms with Crippen LogP contribution in [0.1, 0.15) is 33.1 Å². The summed E-state index contributed by atoms with van der Waals surface area (Å²) in [6.07, 6.45) is 1.05. The minimum Gasteiger partial charge on any atom is -0.462 e. The lowest BCUT2D eigenvalue weighted by atomic mass is 9.98. The predicted molar refractivity (Wildman–Crippen MR) is 44.6 cm³/mol. The molecule has 1 aliphatic heterocycles. The SMILES string of the molecule is CC(C)C[C@@H]1C[C@@H](O)CC(=O)O1. The van der Waals surface area contributed by atoms with Gasteiger partial charge >= 0.3 is 5.97 Å². The second kappa shape index (κ2) is 3.90. The zero-order valence-electron chi connectivity index (χ0n) is 7.62. The highest BCUT2D eigenvalue weighted by molar-refractivity contribution is 5.70. The fraction of sp³-hybridized carbons (Fsp3) is 0.889. The summed E-state index contributed by atoms with van der Waals surface area (Å²) in [5, 5.41) is 9.26. The van der Waals surface area contributed by atoms with Crippen LogP contribution in [0.3, 0.4) is 0 Å². The van der Waals surface area contributed by atoms with Gasteiger partial charge in [-0.1, -0.05) is 13.8 Å². The Labute approximate surface area is 72.7 Å². The Balaban J connectivity index is 2.39. The highest BCUT2D eigenvalue weighted by Crippen LogP contribution is 2.20. The number of aliphatic hydroxyl groups is 1. The van der Waals surface area contributed by atoms with Crippen LogP contribution < -0.4 is 0 Å². The van der Waals surface area contributed by atoms with Crippen LogP contribution in [0.5, 0.6) is 0 Å². The molecule has 0 unspecified atom stereocenters. The standard InChI is InChI=1S/C9H16O3/c1-6(2)3-8-4-7(10)5-9(11)12-8/h6-8,10H,3-5H2,1-2H3/t7-,8-/m1/s1. The lowest BCUT2D eigenvalue weighted by Gasteiger charge is -2.26. The molecule has 1 aliphatic rings. The van der Waals surface area contributed by atoms with Gasteiger partial charge in [0.05, 0.1) is 12.5 Å². The van der Waals surface area contributed by atoms with Gasteiger partial charge in [-0.2, -0.15) is 0 Å². The number of hydrogen-bond acceptors (Lipinski definition) is 3. The van der Waals surface area contributed by atoms with E-state index in [9.17, 15) is 9.90 Å². The number of carbonyl (C=O) groups is 1. The van der Waals surface area contributed by atoms with E-state index in [1.165, 1.54) is 0 Å². The smallest absolute Gasteiger partial charge is 0.308 e. The molecule has 0 aromatic heterocycles. The van der Waals surface area contributed by atoms with E-state index in [-0.39, 0.29) is 18.5 Å². The van der Waals surface area contributed by atoms with Gasteiger partial charge in [-0.3, -0.25) is 4.79 Å². The first kappa shape index (κ1) is 9.52. The first-order valence-corrected chi connectivity index (χ1v) is 4.45. The number of hydrogen-bond donors (Lipinski definition) is 1. The van der Waals surface area contributed by atoms with Gasteiger partial charge in [0.1, 0.15) is 6.10 Å². The fourth-order valence-electron chi connectivity index (χ4n) is 1.53. The van der Waals surface area contributed by atoms with E-state index in [1.807, 2.05) is 0 Å². The van der Waals surface area contributed by atoms with E-state index in [4.69, 9.17) is 4.74 Å². The van der Waals surface area contributed by atoms with Crippen molar-refractivity contribution < 1.29 is 14.6 Å². The fourth-order valence-corrected chi connectivity index (χ4v) is 1.53. The van der Waals surface area contributed by atoms with E-state index < -0.39 is 6.10 Å². The zero-order chi connectivity index (χ0) is 9.14. The van der Waals surface area contributed by atoms with E-state index >= 15 is 0 Å². The number of rotatable bonds is 2. The summed E-state index contributed by atoms with van der Waals surface area (Å²) in [6.45, 7) is 4.16. The second-order valence-electron chi connectivity index (χ2n) is 3.84. The van der Waals surface area contributed by atoms with Crippen molar-refractivity contribution in [1.82, 2.24) is 0 Å². The number of ether oxygens (including phenoxy) is 1. The van der Waals surface area contributed by atoms with Gasteiger partial charge in [0, 0.05) is 6.42 Å². The van der Waals surface area contributed by atoms with Gasteiger partial charge in [0.15, 0.2) is 0 Å². The van der Waals surface area contributed by atoms with E-state index in [2.05, 4.69) is 13.8 Å². The minimum absolute atomic E-state index is 0.0683. The molecular weight excluding hydrogens is 156 g/mol. The Hall–Kier alpha value is -0.570. The molecule has 1 N–H and O–H groups in total. The number of cyclic esters (lactones) is 1. The van der Waals surface area contributed by atoms with Gasteiger partial charge in [0.2, 0.25) is 0 Å². The summed E-state index contributed by atoms with van der Waals surface area (Å²) >= 11 is 0. The lowest BCUT2D eigenvalue weighted by Crippen LogP contribution is -2.33. The molecule has 0 aromatic carbocycles. The molecule has 12 heavy (non-hydrogen) atoms. The lowest BCUT2D eigenvalue weighted by molar-refractivity contribution is -0.160. The maximum Gasteiger partial charge on any atom is 0.308 e. The highest BCUT2D eigenvalue weighted by atomic mass is 16.5. The number of aliphatic hydroxyl groups excluding tert-OH is 1. The maximum absolute atomic E-state index is 10.9. The molecule has 0 spiro atoms. The first-order valence-electron chi connectivity index (χ1n) is 4.45. The van der Waals surface area contributed by atoms with Crippen LogP contribution in [-0.4, -0.2) is 23.3 Å². The monoisotopic (exact) mass is 172 g/mol. The van der Waals surface area contributed by atoms with Crippen molar-refractivity contribution in [2.24, 2.45) is 5.92 Å². The summed E-state index contributed by atoms with van der Waals surface area (Å²) in [5.41, 5.74) is 0. The third kappa shape index (κ3) is 2.81. The molecule has 70 valence electrons. The van der Waals surface area contributed by atoms with Crippen molar-refractivity contribution in [2.75, 3.05) is 0 Å². The molecule has 2 atom stereocenters. The van der Waals surface area contributed by atoms with Crippen LogP contribution in [0.2, 0.25) is 0 Å². The quantitative estimate of drug-likeness (QED) is 0.634. The average molecular weight is 172 g/mol. The third-order valence-corrected chi connectivity index (χ3v) is 1.97. The molecule has 0 aromatic rings. The number of esters is 1. The molecule has 0 amide bonds. The molecule has 1 saturated heterocycles. The first-order chi connectivity index (χ1) is 5.58. The van der Waals surface area contributed by atoms with Gasteiger partial charge in [-0.25, -0.2) is 0 Å². The van der Waals surface area contributed by atoms with Crippen LogP contribution in [0, 0.1) is 5.92 Å². The Kier molecular flexibility index (Phi) is 3.09. The van der Waals surface area contributed by atoms with Crippen LogP contribution in [0.4, 0.5) is 0 Å². The Morgan fingerprint density at radius 2 is 2.33 bits per heavy atom. The van der Waals surface area contributed by atoms with Crippen molar-refractivity contribution in [1.29, 1.82) is 0 Å². The van der Waals surface area contributed by atoms with Crippen LogP contribution >= 0.6 is 0 Å². The summed E-state index contributed by atoms with van der Waals surface area (Å²) < 4.78 is 5.07. The highest BCUT2D eigenvalue weighted by Gasteiger charge is 2.27. The molecule has 1 fully saturated rings. The molecule has 1 heterocycles. The minimum atomic E-state index is -0.491. The van der Waals surface area contributed by atoms with Crippen molar-refractivity contribution >= 4 is 5.97 Å². The number of carbonyl (C=O) groups excluding carboxylic acids is 1. The van der Waals surface area contributed by atoms with Crippen molar-refractivity contribution in [3.05, 3.63) is 0 Å². The topological polar surface area (TPSA) is 46.5 Å². The Bertz CT molecular complexity index is 163.